The molecule has 0 aromatic heterocycles. The number of nitrogens with one attached hydrogen (secondary N) is 1. The Kier molecular flexibility index (Phi) is 9.27. The number of benzene rings is 4. The normalized spacial score (nSPS) is 23.8. The van der Waals surface area contributed by atoms with E-state index in [0.29, 0.717) is 26.2 Å². The van der Waals surface area contributed by atoms with Gasteiger partial charge in [0, 0.05) is 61.8 Å². The van der Waals surface area contributed by atoms with Crippen molar-refractivity contribution in [2.75, 3.05) is 44.2 Å². The lowest BCUT2D eigenvalue weighted by Gasteiger charge is -2.47. The van der Waals surface area contributed by atoms with Crippen LogP contribution in [0.2, 0.25) is 0 Å². The molecule has 3 atom stereocenters. The number of piperidine rings is 3. The molecular weight excluding hydrogens is 747 g/mol. The number of phenolic OH excluding ortho intramolecular Hbond substituents is 1. The van der Waals surface area contributed by atoms with Crippen molar-refractivity contribution >= 4 is 35.2 Å². The van der Waals surface area contributed by atoms with Crippen LogP contribution in [0.5, 0.6) is 11.5 Å². The monoisotopic (exact) mass is 793 g/mol. The van der Waals surface area contributed by atoms with Crippen LogP contribution in [0.3, 0.4) is 0 Å². The molecule has 1 unspecified atom stereocenters. The number of anilines is 1. The van der Waals surface area contributed by atoms with Crippen molar-refractivity contribution < 1.29 is 33.8 Å². The van der Waals surface area contributed by atoms with Crippen molar-refractivity contribution in [1.82, 2.24) is 20.0 Å². The lowest BCUT2D eigenvalue weighted by Crippen LogP contribution is -2.54. The molecule has 6 aliphatic rings. The van der Waals surface area contributed by atoms with Gasteiger partial charge in [0.2, 0.25) is 17.7 Å². The van der Waals surface area contributed by atoms with Crippen LogP contribution in [0, 0.1) is 5.41 Å². The molecule has 3 fully saturated rings. The fourth-order valence-electron chi connectivity index (χ4n) is 10.5. The first-order valence-electron chi connectivity index (χ1n) is 20.9. The molecule has 12 heteroatoms. The first-order chi connectivity index (χ1) is 28.6. The van der Waals surface area contributed by atoms with E-state index in [-0.39, 0.29) is 52.9 Å². The third-order valence-electron chi connectivity index (χ3n) is 13.9. The Bertz CT molecular complexity index is 2320. The lowest BCUT2D eigenvalue weighted by atomic mass is 9.71. The van der Waals surface area contributed by atoms with Gasteiger partial charge in [0.05, 0.1) is 24.3 Å². The number of likely N-dealkylation sites (tertiary alicyclic amines) is 1. The first kappa shape index (κ1) is 37.3. The summed E-state index contributed by atoms with van der Waals surface area (Å²) in [7, 11) is 0. The van der Waals surface area contributed by atoms with Gasteiger partial charge in [-0.1, -0.05) is 48.5 Å². The highest BCUT2D eigenvalue weighted by molar-refractivity contribution is 6.23. The van der Waals surface area contributed by atoms with Crippen LogP contribution in [0.25, 0.3) is 0 Å². The molecule has 10 rings (SSSR count). The van der Waals surface area contributed by atoms with E-state index in [1.165, 1.54) is 16.8 Å². The summed E-state index contributed by atoms with van der Waals surface area (Å²) in [4.78, 5) is 71.9. The van der Waals surface area contributed by atoms with E-state index in [0.717, 1.165) is 79.2 Å². The number of fused-ring (bicyclic) bond motifs is 3. The van der Waals surface area contributed by atoms with E-state index in [2.05, 4.69) is 63.6 Å². The van der Waals surface area contributed by atoms with Gasteiger partial charge in [-0.25, -0.2) is 0 Å². The van der Waals surface area contributed by atoms with Gasteiger partial charge < -0.3 is 19.6 Å². The van der Waals surface area contributed by atoms with Crippen LogP contribution in [-0.2, 0) is 27.5 Å². The molecule has 4 aromatic rings. The molecule has 302 valence electrons. The number of carbonyl (C=O) groups is 5. The maximum atomic E-state index is 13.6. The van der Waals surface area contributed by atoms with Gasteiger partial charge in [-0.05, 0) is 103 Å². The second-order valence-corrected chi connectivity index (χ2v) is 17.2. The molecule has 5 amide bonds. The molecule has 0 saturated carbocycles. The summed E-state index contributed by atoms with van der Waals surface area (Å²) in [6, 6.07) is 27.4. The summed E-state index contributed by atoms with van der Waals surface area (Å²) in [6.07, 6.45) is 4.55. The van der Waals surface area contributed by atoms with Crippen molar-refractivity contribution in [2.45, 2.75) is 69.5 Å². The molecule has 12 nitrogen and oxygen atoms in total. The van der Waals surface area contributed by atoms with E-state index < -0.39 is 29.7 Å². The third-order valence-corrected chi connectivity index (χ3v) is 13.9. The SMILES string of the molecule is O=C1CCC(N2C(=O)c3cc4c(cc3C2=O)CN(C(=O)CN2CCC3(CC2)CCN(c2ccc([C@H]5c6ccc(O)cc6OC[C@H]5c5ccccc5)cc2)CC3)C4)C(=O)N1. The number of ether oxygens (including phenoxy) is 1. The molecule has 0 aliphatic carbocycles. The quantitative estimate of drug-likeness (QED) is 0.248. The Morgan fingerprint density at radius 1 is 0.780 bits per heavy atom. The molecule has 4 aromatic carbocycles. The molecule has 3 saturated heterocycles. The number of phenols is 1. The number of amides is 5. The molecule has 59 heavy (non-hydrogen) atoms. The number of hydrogen-bond donors (Lipinski definition) is 2. The molecule has 6 heterocycles. The fraction of sp³-hybridized carbons (Fsp3) is 0.383. The van der Waals surface area contributed by atoms with Crippen LogP contribution in [0.15, 0.2) is 84.9 Å². The lowest BCUT2D eigenvalue weighted by molar-refractivity contribution is -0.136. The van der Waals surface area contributed by atoms with Gasteiger partial charge in [-0.2, -0.15) is 0 Å². The number of hydrogen-bond acceptors (Lipinski definition) is 9. The van der Waals surface area contributed by atoms with Gasteiger partial charge >= 0.3 is 0 Å². The zero-order valence-electron chi connectivity index (χ0n) is 32.9. The van der Waals surface area contributed by atoms with Crippen molar-refractivity contribution in [3.05, 3.63) is 124 Å². The topological polar surface area (TPSA) is 140 Å². The number of nitrogens with zero attached hydrogens (tertiary/aromatic N) is 4. The number of rotatable bonds is 6. The van der Waals surface area contributed by atoms with E-state index in [1.807, 2.05) is 12.1 Å². The molecule has 0 radical (unpaired) electrons. The Labute approximate surface area is 342 Å². The van der Waals surface area contributed by atoms with Crippen LogP contribution in [-0.4, -0.2) is 94.7 Å². The van der Waals surface area contributed by atoms with Gasteiger partial charge in [-0.15, -0.1) is 0 Å². The molecular formula is C47H47N5O7. The van der Waals surface area contributed by atoms with Crippen LogP contribution in [0.4, 0.5) is 5.69 Å². The van der Waals surface area contributed by atoms with Crippen LogP contribution < -0.4 is 15.0 Å². The largest absolute Gasteiger partial charge is 0.508 e. The minimum absolute atomic E-state index is 0.0378. The Morgan fingerprint density at radius 2 is 1.44 bits per heavy atom. The first-order valence-corrected chi connectivity index (χ1v) is 20.9. The maximum Gasteiger partial charge on any atom is 0.262 e. The van der Waals surface area contributed by atoms with Crippen LogP contribution >= 0.6 is 0 Å². The number of carbonyl (C=O) groups excluding carboxylic acids is 5. The average Bonchev–Trinajstić information content (AvgIpc) is 3.78. The second-order valence-electron chi connectivity index (χ2n) is 17.2. The summed E-state index contributed by atoms with van der Waals surface area (Å²) >= 11 is 0. The Morgan fingerprint density at radius 3 is 2.10 bits per heavy atom. The Balaban J connectivity index is 0.731. The van der Waals surface area contributed by atoms with Crippen molar-refractivity contribution in [2.24, 2.45) is 5.41 Å². The second kappa shape index (κ2) is 14.7. The molecule has 0 bridgehead atoms. The van der Waals surface area contributed by atoms with Gasteiger partial charge in [-0.3, -0.25) is 39.1 Å². The van der Waals surface area contributed by atoms with E-state index in [4.69, 9.17) is 4.74 Å². The average molecular weight is 794 g/mol. The van der Waals surface area contributed by atoms with Gasteiger partial charge in [0.25, 0.3) is 11.8 Å². The van der Waals surface area contributed by atoms with Gasteiger partial charge in [0.15, 0.2) is 0 Å². The zero-order valence-corrected chi connectivity index (χ0v) is 32.9. The highest BCUT2D eigenvalue weighted by atomic mass is 16.5. The summed E-state index contributed by atoms with van der Waals surface area (Å²) in [5, 5.41) is 12.4. The fourth-order valence-corrected chi connectivity index (χ4v) is 10.5. The summed E-state index contributed by atoms with van der Waals surface area (Å²) in [5.74, 6) is -0.848. The standard InChI is InChI=1S/C47H47N5O7/c53-34-10-11-35-40(24-34)59-28-38(29-4-2-1-3-5-29)43(35)30-6-8-33(9-7-30)50-20-16-47(17-21-50)14-18-49(19-15-47)27-42(55)51-25-31-22-36-37(23-32(31)26-51)46(58)52(45(36)57)39-12-13-41(54)48-44(39)56/h1-11,22-24,38-39,43,53H,12-21,25-28H2,(H,48,54,56)/t38-,39?,43-/m0/s1. The highest BCUT2D eigenvalue weighted by Gasteiger charge is 2.46. The molecule has 1 spiro atoms. The van der Waals surface area contributed by atoms with E-state index in [9.17, 15) is 29.1 Å². The number of aromatic hydroxyl groups is 1. The summed E-state index contributed by atoms with van der Waals surface area (Å²) < 4.78 is 6.17. The Hall–Kier alpha value is -6.01. The molecule has 2 N–H and O–H groups in total. The minimum atomic E-state index is -1.00. The smallest absolute Gasteiger partial charge is 0.262 e. The summed E-state index contributed by atoms with van der Waals surface area (Å²) in [6.45, 7) is 5.37. The molecule has 6 aliphatic heterocycles. The maximum absolute atomic E-state index is 13.6. The van der Waals surface area contributed by atoms with Gasteiger partial charge in [0.1, 0.15) is 17.5 Å². The predicted molar refractivity (Wildman–Crippen MR) is 218 cm³/mol. The van der Waals surface area contributed by atoms with E-state index in [1.54, 1.807) is 29.2 Å². The summed E-state index contributed by atoms with van der Waals surface area (Å²) in [5.41, 5.74) is 7.26. The highest BCUT2D eigenvalue weighted by Crippen LogP contribution is 2.48. The zero-order chi connectivity index (χ0) is 40.4. The minimum Gasteiger partial charge on any atom is -0.508 e. The van der Waals surface area contributed by atoms with Crippen molar-refractivity contribution in [1.29, 1.82) is 0 Å². The van der Waals surface area contributed by atoms with Crippen molar-refractivity contribution in [3.63, 3.8) is 0 Å². The van der Waals surface area contributed by atoms with Crippen LogP contribution in [0.1, 0.15) is 98.9 Å². The van der Waals surface area contributed by atoms with Crippen molar-refractivity contribution in [3.8, 4) is 11.5 Å². The predicted octanol–water partition coefficient (Wildman–Crippen LogP) is 5.33. The third kappa shape index (κ3) is 6.73. The van der Waals surface area contributed by atoms with E-state index >= 15 is 0 Å². The number of imide groups is 2.